The molecule has 3 aliphatic rings. The molecule has 2 bridgehead atoms. The highest BCUT2D eigenvalue weighted by Gasteiger charge is 2.62. The first kappa shape index (κ1) is 21.8. The van der Waals surface area contributed by atoms with Crippen LogP contribution < -0.4 is 10.4 Å². The van der Waals surface area contributed by atoms with Crippen LogP contribution in [-0.2, 0) is 23.7 Å². The van der Waals surface area contributed by atoms with Crippen molar-refractivity contribution in [1.29, 1.82) is 0 Å². The molecular formula is C27H24N2O6. The van der Waals surface area contributed by atoms with Crippen LogP contribution in [0.15, 0.2) is 91.0 Å². The van der Waals surface area contributed by atoms with Crippen LogP contribution in [0.5, 0.6) is 0 Å². The number of anilines is 2. The third kappa shape index (κ3) is 4.05. The van der Waals surface area contributed by atoms with Crippen LogP contribution in [0.2, 0.25) is 0 Å². The lowest BCUT2D eigenvalue weighted by atomic mass is 9.86. The molecule has 0 aliphatic carbocycles. The molecule has 0 saturated carbocycles. The van der Waals surface area contributed by atoms with Gasteiger partial charge in [-0.1, -0.05) is 54.6 Å². The molecule has 1 N–H and O–H groups in total. The number of esters is 2. The van der Waals surface area contributed by atoms with Gasteiger partial charge in [0.2, 0.25) is 0 Å². The van der Waals surface area contributed by atoms with Gasteiger partial charge in [-0.2, -0.15) is 0 Å². The minimum atomic E-state index is -0.871. The zero-order chi connectivity index (χ0) is 23.8. The lowest BCUT2D eigenvalue weighted by Crippen LogP contribution is -2.57. The van der Waals surface area contributed by atoms with Gasteiger partial charge in [0.15, 0.2) is 18.5 Å². The zero-order valence-corrected chi connectivity index (χ0v) is 18.7. The fraction of sp³-hybridized carbons (Fsp3) is 0.259. The van der Waals surface area contributed by atoms with Gasteiger partial charge in [0, 0.05) is 0 Å². The SMILES string of the molecule is O=C(O[C@H]1[C@@H]2OC[C@@H](O2)[C@H]2[C@@H]1OC(=O)[C@@H]2NN(c1ccccc1)c1ccccc1)c1ccccc1. The first-order chi connectivity index (χ1) is 17.2. The molecule has 0 amide bonds. The summed E-state index contributed by atoms with van der Waals surface area (Å²) < 4.78 is 23.4. The van der Waals surface area contributed by atoms with Crippen molar-refractivity contribution in [3.05, 3.63) is 96.6 Å². The van der Waals surface area contributed by atoms with Crippen molar-refractivity contribution in [1.82, 2.24) is 5.43 Å². The molecule has 8 nitrogen and oxygen atoms in total. The van der Waals surface area contributed by atoms with E-state index in [1.807, 2.05) is 71.7 Å². The van der Waals surface area contributed by atoms with E-state index in [4.69, 9.17) is 18.9 Å². The number of carbonyl (C=O) groups excluding carboxylic acids is 2. The number of fused-ring (bicyclic) bond motifs is 4. The average Bonchev–Trinajstić information content (AvgIpc) is 3.48. The molecule has 178 valence electrons. The lowest BCUT2D eigenvalue weighted by molar-refractivity contribution is -0.207. The van der Waals surface area contributed by atoms with E-state index < -0.39 is 42.4 Å². The molecule has 3 aliphatic heterocycles. The summed E-state index contributed by atoms with van der Waals surface area (Å²) in [5.74, 6) is -1.35. The highest BCUT2D eigenvalue weighted by Crippen LogP contribution is 2.42. The Morgan fingerprint density at radius 3 is 2.11 bits per heavy atom. The van der Waals surface area contributed by atoms with Crippen molar-refractivity contribution >= 4 is 23.3 Å². The van der Waals surface area contributed by atoms with E-state index in [-0.39, 0.29) is 12.7 Å². The largest absolute Gasteiger partial charge is 0.456 e. The van der Waals surface area contributed by atoms with E-state index in [0.717, 1.165) is 11.4 Å². The number of nitrogens with zero attached hydrogens (tertiary/aromatic N) is 1. The number of hydrazine groups is 1. The Hall–Kier alpha value is -3.72. The highest BCUT2D eigenvalue weighted by molar-refractivity contribution is 5.89. The van der Waals surface area contributed by atoms with Crippen LogP contribution in [0.1, 0.15) is 10.4 Å². The molecule has 0 aromatic heterocycles. The van der Waals surface area contributed by atoms with Crippen molar-refractivity contribution in [2.75, 3.05) is 11.6 Å². The maximum atomic E-state index is 13.2. The Labute approximate surface area is 202 Å². The van der Waals surface area contributed by atoms with Gasteiger partial charge < -0.3 is 18.9 Å². The molecule has 3 aromatic rings. The number of hydrogen-bond donors (Lipinski definition) is 1. The molecule has 6 rings (SSSR count). The topological polar surface area (TPSA) is 86.3 Å². The first-order valence-corrected chi connectivity index (χ1v) is 11.6. The number of benzene rings is 3. The Kier molecular flexibility index (Phi) is 5.69. The van der Waals surface area contributed by atoms with E-state index in [1.165, 1.54) is 0 Å². The van der Waals surface area contributed by atoms with Crippen LogP contribution in [0.4, 0.5) is 11.4 Å². The first-order valence-electron chi connectivity index (χ1n) is 11.6. The molecule has 0 spiro atoms. The molecule has 0 unspecified atom stereocenters. The third-order valence-corrected chi connectivity index (χ3v) is 6.58. The third-order valence-electron chi connectivity index (χ3n) is 6.58. The Balaban J connectivity index is 1.28. The van der Waals surface area contributed by atoms with Gasteiger partial charge in [-0.3, -0.25) is 9.80 Å². The zero-order valence-electron chi connectivity index (χ0n) is 18.7. The summed E-state index contributed by atoms with van der Waals surface area (Å²) in [5.41, 5.74) is 5.49. The summed E-state index contributed by atoms with van der Waals surface area (Å²) in [6.45, 7) is 0.288. The second kappa shape index (κ2) is 9.14. The standard InChI is InChI=1S/C27H24N2O6/c30-25(17-10-4-1-5-11-17)35-24-23-21(20-16-32-27(24)33-20)22(26(31)34-23)28-29(18-12-6-2-7-13-18)19-14-8-3-9-15-19/h1-15,20-24,27-28H,16H2/t20-,21-,22-,23+,24-,27-/m1/s1. The number of carbonyl (C=O) groups is 2. The summed E-state index contributed by atoms with van der Waals surface area (Å²) in [4.78, 5) is 26.0. The molecule has 8 heteroatoms. The number of rotatable bonds is 6. The number of para-hydroxylation sites is 2. The van der Waals surface area contributed by atoms with Crippen molar-refractivity contribution in [2.45, 2.75) is 30.6 Å². The molecule has 35 heavy (non-hydrogen) atoms. The fourth-order valence-corrected chi connectivity index (χ4v) is 4.93. The fourth-order valence-electron chi connectivity index (χ4n) is 4.93. The Morgan fingerprint density at radius 1 is 0.886 bits per heavy atom. The van der Waals surface area contributed by atoms with Gasteiger partial charge in [-0.25, -0.2) is 10.2 Å². The number of nitrogens with one attached hydrogen (secondary N) is 1. The molecular weight excluding hydrogens is 448 g/mol. The van der Waals surface area contributed by atoms with Crippen LogP contribution in [0.3, 0.4) is 0 Å². The second-order valence-corrected chi connectivity index (χ2v) is 8.70. The second-order valence-electron chi connectivity index (χ2n) is 8.70. The van der Waals surface area contributed by atoms with E-state index in [0.29, 0.717) is 5.56 Å². The molecule has 3 aromatic carbocycles. The Bertz CT molecular complexity index is 1150. The Morgan fingerprint density at radius 2 is 1.49 bits per heavy atom. The van der Waals surface area contributed by atoms with Crippen LogP contribution in [-0.4, -0.2) is 49.2 Å². The summed E-state index contributed by atoms with van der Waals surface area (Å²) in [6.07, 6.45) is -2.70. The maximum absolute atomic E-state index is 13.2. The van der Waals surface area contributed by atoms with Crippen LogP contribution >= 0.6 is 0 Å². The van der Waals surface area contributed by atoms with Crippen molar-refractivity contribution in [3.8, 4) is 0 Å². The normalized spacial score (nSPS) is 28.7. The van der Waals surface area contributed by atoms with Gasteiger partial charge in [-0.05, 0) is 36.4 Å². The van der Waals surface area contributed by atoms with Gasteiger partial charge in [0.25, 0.3) is 0 Å². The highest BCUT2D eigenvalue weighted by atomic mass is 16.8. The van der Waals surface area contributed by atoms with Gasteiger partial charge in [0.05, 0.1) is 35.6 Å². The monoisotopic (exact) mass is 472 g/mol. The predicted molar refractivity (Wildman–Crippen MR) is 126 cm³/mol. The molecule has 3 heterocycles. The maximum Gasteiger partial charge on any atom is 0.338 e. The predicted octanol–water partition coefficient (Wildman–Crippen LogP) is 3.22. The van der Waals surface area contributed by atoms with Crippen molar-refractivity contribution in [3.63, 3.8) is 0 Å². The summed E-state index contributed by atoms with van der Waals surface area (Å²) >= 11 is 0. The van der Waals surface area contributed by atoms with Crippen LogP contribution in [0, 0.1) is 5.92 Å². The smallest absolute Gasteiger partial charge is 0.338 e. The molecule has 6 atom stereocenters. The number of hydrogen-bond acceptors (Lipinski definition) is 8. The van der Waals surface area contributed by atoms with E-state index in [9.17, 15) is 9.59 Å². The van der Waals surface area contributed by atoms with Gasteiger partial charge in [-0.15, -0.1) is 0 Å². The quantitative estimate of drug-likeness (QED) is 0.432. The van der Waals surface area contributed by atoms with E-state index >= 15 is 0 Å². The van der Waals surface area contributed by atoms with E-state index in [1.54, 1.807) is 24.3 Å². The minimum Gasteiger partial charge on any atom is -0.456 e. The summed E-state index contributed by atoms with van der Waals surface area (Å²) in [7, 11) is 0. The van der Waals surface area contributed by atoms with Crippen LogP contribution in [0.25, 0.3) is 0 Å². The molecule has 3 saturated heterocycles. The average molecular weight is 472 g/mol. The van der Waals surface area contributed by atoms with E-state index in [2.05, 4.69) is 5.43 Å². The number of ether oxygens (including phenoxy) is 4. The molecule has 3 fully saturated rings. The van der Waals surface area contributed by atoms with Gasteiger partial charge >= 0.3 is 11.9 Å². The van der Waals surface area contributed by atoms with Crippen molar-refractivity contribution in [2.24, 2.45) is 5.92 Å². The summed E-state index contributed by atoms with van der Waals surface area (Å²) in [5, 5.41) is 1.86. The lowest BCUT2D eigenvalue weighted by Gasteiger charge is -2.37. The van der Waals surface area contributed by atoms with Crippen molar-refractivity contribution < 1.29 is 28.5 Å². The van der Waals surface area contributed by atoms with Gasteiger partial charge in [0.1, 0.15) is 6.04 Å². The summed E-state index contributed by atoms with van der Waals surface area (Å²) in [6, 6.07) is 27.4. The molecule has 0 radical (unpaired) electrons. The minimum absolute atomic E-state index is 0.288.